The second kappa shape index (κ2) is 6.29. The van der Waals surface area contributed by atoms with Crippen LogP contribution in [0.15, 0.2) is 11.4 Å². The van der Waals surface area contributed by atoms with Crippen molar-refractivity contribution in [3.63, 3.8) is 0 Å². The smallest absolute Gasteiger partial charge is 0.0677 e. The number of hydrogen-bond acceptors (Lipinski definition) is 3. The first kappa shape index (κ1) is 11.9. The van der Waals surface area contributed by atoms with Gasteiger partial charge in [0.15, 0.2) is 0 Å². The summed E-state index contributed by atoms with van der Waals surface area (Å²) in [5.74, 6) is 0. The molecule has 0 saturated carbocycles. The van der Waals surface area contributed by atoms with Crippen molar-refractivity contribution in [1.82, 2.24) is 4.37 Å². The van der Waals surface area contributed by atoms with E-state index in [0.717, 1.165) is 5.69 Å². The summed E-state index contributed by atoms with van der Waals surface area (Å²) in [5.41, 5.74) is 6.22. The lowest BCUT2D eigenvalue weighted by molar-refractivity contribution is 1.03. The van der Waals surface area contributed by atoms with E-state index in [4.69, 9.17) is 5.73 Å². The van der Waals surface area contributed by atoms with Crippen molar-refractivity contribution in [2.24, 2.45) is 5.73 Å². The highest BCUT2D eigenvalue weighted by Crippen LogP contribution is 1.95. The van der Waals surface area contributed by atoms with E-state index < -0.39 is 0 Å². The van der Waals surface area contributed by atoms with Crippen LogP contribution in [0.2, 0.25) is 0 Å². The first-order chi connectivity index (χ1) is 3.43. The van der Waals surface area contributed by atoms with E-state index >= 15 is 0 Å². The van der Waals surface area contributed by atoms with Gasteiger partial charge in [-0.25, -0.2) is 0 Å². The molecule has 0 aliphatic heterocycles. The Labute approximate surface area is 70.4 Å². The third-order valence-electron chi connectivity index (χ3n) is 0.700. The lowest BCUT2D eigenvalue weighted by Crippen LogP contribution is -1.94. The number of nitrogens with two attached hydrogens (primary N) is 1. The summed E-state index contributed by atoms with van der Waals surface area (Å²) in [6.07, 6.45) is 0. The summed E-state index contributed by atoms with van der Waals surface area (Å²) in [6, 6.07) is 1.92. The van der Waals surface area contributed by atoms with Gasteiger partial charge in [0.05, 0.1) is 5.69 Å². The van der Waals surface area contributed by atoms with Crippen LogP contribution in [0.1, 0.15) is 5.69 Å². The van der Waals surface area contributed by atoms with Crippen molar-refractivity contribution in [3.8, 4) is 0 Å². The molecular formula is C4H8Cl2N2S. The monoisotopic (exact) mass is 186 g/mol. The SMILES string of the molecule is Cl.Cl.NCc1ccsn1. The molecule has 9 heavy (non-hydrogen) atoms. The minimum absolute atomic E-state index is 0. The van der Waals surface area contributed by atoms with Gasteiger partial charge in [-0.2, -0.15) is 4.37 Å². The molecular weight excluding hydrogens is 179 g/mol. The van der Waals surface area contributed by atoms with Crippen molar-refractivity contribution >= 4 is 36.3 Å². The minimum atomic E-state index is 0. The van der Waals surface area contributed by atoms with Crippen LogP contribution in [0.5, 0.6) is 0 Å². The molecule has 1 aromatic heterocycles. The van der Waals surface area contributed by atoms with Gasteiger partial charge < -0.3 is 5.73 Å². The summed E-state index contributed by atoms with van der Waals surface area (Å²) in [5, 5.41) is 1.92. The fraction of sp³-hybridized carbons (Fsp3) is 0.250. The molecule has 0 saturated heterocycles. The van der Waals surface area contributed by atoms with Crippen LogP contribution in [-0.4, -0.2) is 4.37 Å². The second-order valence-corrected chi connectivity index (χ2v) is 1.86. The Morgan fingerprint density at radius 1 is 1.56 bits per heavy atom. The zero-order chi connectivity index (χ0) is 5.11. The van der Waals surface area contributed by atoms with Crippen LogP contribution in [0, 0.1) is 0 Å². The first-order valence-corrected chi connectivity index (χ1v) is 2.86. The third kappa shape index (κ3) is 3.70. The molecule has 54 valence electrons. The Morgan fingerprint density at radius 3 is 2.44 bits per heavy atom. The molecule has 0 aliphatic carbocycles. The molecule has 0 aromatic carbocycles. The standard InChI is InChI=1S/C4H6N2S.2ClH/c5-3-4-1-2-7-6-4;;/h1-2H,3,5H2;2*1H. The average Bonchev–Trinajstić information content (AvgIpc) is 2.14. The summed E-state index contributed by atoms with van der Waals surface area (Å²) in [6.45, 7) is 0.559. The first-order valence-electron chi connectivity index (χ1n) is 2.03. The van der Waals surface area contributed by atoms with E-state index in [1.807, 2.05) is 11.4 Å². The summed E-state index contributed by atoms with van der Waals surface area (Å²) in [7, 11) is 0. The molecule has 5 heteroatoms. The van der Waals surface area contributed by atoms with Gasteiger partial charge in [-0.15, -0.1) is 24.8 Å². The summed E-state index contributed by atoms with van der Waals surface area (Å²) >= 11 is 1.43. The second-order valence-electron chi connectivity index (χ2n) is 1.19. The largest absolute Gasteiger partial charge is 0.325 e. The fourth-order valence-electron chi connectivity index (χ4n) is 0.343. The molecule has 0 spiro atoms. The number of hydrogen-bond donors (Lipinski definition) is 1. The Hall–Kier alpha value is 0.170. The van der Waals surface area contributed by atoms with Crippen LogP contribution in [0.25, 0.3) is 0 Å². The van der Waals surface area contributed by atoms with Crippen molar-refractivity contribution in [1.29, 1.82) is 0 Å². The molecule has 2 N–H and O–H groups in total. The van der Waals surface area contributed by atoms with Gasteiger partial charge in [0.25, 0.3) is 0 Å². The Kier molecular flexibility index (Phi) is 8.32. The van der Waals surface area contributed by atoms with E-state index in [1.54, 1.807) is 0 Å². The van der Waals surface area contributed by atoms with Gasteiger partial charge in [-0.3, -0.25) is 0 Å². The lowest BCUT2D eigenvalue weighted by atomic mass is 10.5. The normalized spacial score (nSPS) is 7.22. The maximum absolute atomic E-state index is 5.24. The molecule has 1 aromatic rings. The molecule has 1 rings (SSSR count). The van der Waals surface area contributed by atoms with Gasteiger partial charge in [0, 0.05) is 11.9 Å². The van der Waals surface area contributed by atoms with E-state index in [0.29, 0.717) is 6.54 Å². The molecule has 0 unspecified atom stereocenters. The Bertz CT molecular complexity index is 131. The van der Waals surface area contributed by atoms with Crippen molar-refractivity contribution in [3.05, 3.63) is 17.1 Å². The fourth-order valence-corrected chi connectivity index (χ4v) is 0.892. The Balaban J connectivity index is 0. The summed E-state index contributed by atoms with van der Waals surface area (Å²) < 4.78 is 3.95. The van der Waals surface area contributed by atoms with E-state index in [1.165, 1.54) is 11.5 Å². The Morgan fingerprint density at radius 2 is 2.22 bits per heavy atom. The molecule has 0 atom stereocenters. The molecule has 0 bridgehead atoms. The molecule has 0 radical (unpaired) electrons. The van der Waals surface area contributed by atoms with Crippen LogP contribution >= 0.6 is 36.3 Å². The van der Waals surface area contributed by atoms with Gasteiger partial charge in [0.2, 0.25) is 0 Å². The molecule has 1 heterocycles. The van der Waals surface area contributed by atoms with Crippen LogP contribution < -0.4 is 5.73 Å². The van der Waals surface area contributed by atoms with Crippen molar-refractivity contribution < 1.29 is 0 Å². The zero-order valence-corrected chi connectivity index (χ0v) is 7.06. The van der Waals surface area contributed by atoms with Gasteiger partial charge in [0.1, 0.15) is 0 Å². The van der Waals surface area contributed by atoms with E-state index in [9.17, 15) is 0 Å². The molecule has 0 fully saturated rings. The highest BCUT2D eigenvalue weighted by atomic mass is 35.5. The van der Waals surface area contributed by atoms with Gasteiger partial charge in [-0.1, -0.05) is 0 Å². The van der Waals surface area contributed by atoms with Crippen LogP contribution in [0.4, 0.5) is 0 Å². The lowest BCUT2D eigenvalue weighted by Gasteiger charge is -1.78. The molecule has 2 nitrogen and oxygen atoms in total. The number of rotatable bonds is 1. The van der Waals surface area contributed by atoms with Gasteiger partial charge >= 0.3 is 0 Å². The summed E-state index contributed by atoms with van der Waals surface area (Å²) in [4.78, 5) is 0. The van der Waals surface area contributed by atoms with E-state index in [2.05, 4.69) is 4.37 Å². The van der Waals surface area contributed by atoms with E-state index in [-0.39, 0.29) is 24.8 Å². The maximum atomic E-state index is 5.24. The predicted octanol–water partition coefficient (Wildman–Crippen LogP) is 1.45. The van der Waals surface area contributed by atoms with Crippen LogP contribution in [-0.2, 0) is 6.54 Å². The minimum Gasteiger partial charge on any atom is -0.325 e. The third-order valence-corrected chi connectivity index (χ3v) is 1.30. The average molecular weight is 187 g/mol. The van der Waals surface area contributed by atoms with Gasteiger partial charge in [-0.05, 0) is 17.6 Å². The topological polar surface area (TPSA) is 38.9 Å². The highest BCUT2D eigenvalue weighted by Gasteiger charge is 1.84. The maximum Gasteiger partial charge on any atom is 0.0677 e. The van der Waals surface area contributed by atoms with Crippen LogP contribution in [0.3, 0.4) is 0 Å². The number of nitrogens with zero attached hydrogens (tertiary/aromatic N) is 1. The predicted molar refractivity (Wildman–Crippen MR) is 44.5 cm³/mol. The number of halogens is 2. The quantitative estimate of drug-likeness (QED) is 0.722. The zero-order valence-electron chi connectivity index (χ0n) is 4.61. The van der Waals surface area contributed by atoms with Crippen molar-refractivity contribution in [2.75, 3.05) is 0 Å². The molecule has 0 amide bonds. The number of aromatic nitrogens is 1. The van der Waals surface area contributed by atoms with Crippen molar-refractivity contribution in [2.45, 2.75) is 6.54 Å². The molecule has 0 aliphatic rings. The highest BCUT2D eigenvalue weighted by molar-refractivity contribution is 7.03.